The monoisotopic (exact) mass is 414 g/mol. The second-order valence-corrected chi connectivity index (χ2v) is 7.05. The van der Waals surface area contributed by atoms with Gasteiger partial charge in [-0.05, 0) is 35.4 Å². The number of amides is 2. The van der Waals surface area contributed by atoms with Gasteiger partial charge in [-0.25, -0.2) is 9.59 Å². The van der Waals surface area contributed by atoms with Crippen LogP contribution in [-0.4, -0.2) is 28.7 Å². The van der Waals surface area contributed by atoms with Crippen molar-refractivity contribution in [1.82, 2.24) is 14.9 Å². The summed E-state index contributed by atoms with van der Waals surface area (Å²) in [5.74, 6) is -0.397. The summed E-state index contributed by atoms with van der Waals surface area (Å²) in [4.78, 5) is 28.6. The van der Waals surface area contributed by atoms with Gasteiger partial charge in [0.25, 0.3) is 0 Å². The Morgan fingerprint density at radius 1 is 1.03 bits per heavy atom. The Balaban J connectivity index is 1.58. The number of benzene rings is 2. The Morgan fingerprint density at radius 2 is 1.84 bits per heavy atom. The third-order valence-electron chi connectivity index (χ3n) is 4.92. The summed E-state index contributed by atoms with van der Waals surface area (Å²) in [5.41, 5.74) is 3.95. The van der Waals surface area contributed by atoms with Crippen molar-refractivity contribution >= 4 is 28.6 Å². The summed E-state index contributed by atoms with van der Waals surface area (Å²) < 4.78 is 6.92. The van der Waals surface area contributed by atoms with Crippen molar-refractivity contribution in [3.8, 4) is 0 Å². The highest BCUT2D eigenvalue weighted by Gasteiger charge is 2.16. The number of nitrogens with zero attached hydrogens (tertiary/aromatic N) is 2. The van der Waals surface area contributed by atoms with Gasteiger partial charge in [0.05, 0.1) is 18.2 Å². The summed E-state index contributed by atoms with van der Waals surface area (Å²) in [5, 5.41) is 6.43. The molecule has 0 atom stereocenters. The molecule has 0 aliphatic heterocycles. The van der Waals surface area contributed by atoms with Gasteiger partial charge in [-0.3, -0.25) is 4.98 Å². The molecule has 2 heterocycles. The minimum Gasteiger partial charge on any atom is -0.465 e. The van der Waals surface area contributed by atoms with E-state index in [1.54, 1.807) is 24.7 Å². The van der Waals surface area contributed by atoms with E-state index in [0.717, 1.165) is 22.0 Å². The molecule has 7 heteroatoms. The molecule has 0 aliphatic rings. The first-order valence-corrected chi connectivity index (χ1v) is 9.83. The summed E-state index contributed by atoms with van der Waals surface area (Å²) in [7, 11) is 1.37. The van der Waals surface area contributed by atoms with Crippen molar-refractivity contribution in [3.05, 3.63) is 95.9 Å². The largest absolute Gasteiger partial charge is 0.465 e. The fourth-order valence-corrected chi connectivity index (χ4v) is 3.41. The number of esters is 1. The predicted octanol–water partition coefficient (Wildman–Crippen LogP) is 4.19. The third-order valence-corrected chi connectivity index (χ3v) is 4.92. The topological polar surface area (TPSA) is 85.2 Å². The number of urea groups is 1. The van der Waals surface area contributed by atoms with Crippen LogP contribution in [0.2, 0.25) is 0 Å². The predicted molar refractivity (Wildman–Crippen MR) is 119 cm³/mol. The molecule has 31 heavy (non-hydrogen) atoms. The second-order valence-electron chi connectivity index (χ2n) is 7.05. The van der Waals surface area contributed by atoms with Gasteiger partial charge in [0, 0.05) is 42.8 Å². The van der Waals surface area contributed by atoms with Gasteiger partial charge in [-0.1, -0.05) is 36.4 Å². The van der Waals surface area contributed by atoms with Gasteiger partial charge in [0.15, 0.2) is 0 Å². The van der Waals surface area contributed by atoms with Gasteiger partial charge in [-0.15, -0.1) is 0 Å². The van der Waals surface area contributed by atoms with Crippen molar-refractivity contribution in [2.24, 2.45) is 0 Å². The first kappa shape index (κ1) is 20.2. The number of carbonyl (C=O) groups excluding carboxylic acids is 2. The van der Waals surface area contributed by atoms with E-state index in [1.807, 2.05) is 59.2 Å². The fraction of sp³-hybridized carbons (Fsp3) is 0.125. The van der Waals surface area contributed by atoms with Crippen LogP contribution in [0.25, 0.3) is 10.9 Å². The van der Waals surface area contributed by atoms with Crippen LogP contribution >= 0.6 is 0 Å². The highest BCUT2D eigenvalue weighted by atomic mass is 16.5. The van der Waals surface area contributed by atoms with Crippen molar-refractivity contribution in [2.45, 2.75) is 13.1 Å². The average molecular weight is 414 g/mol. The zero-order valence-electron chi connectivity index (χ0n) is 17.0. The lowest BCUT2D eigenvalue weighted by Crippen LogP contribution is -2.28. The van der Waals surface area contributed by atoms with Crippen LogP contribution in [0.3, 0.4) is 0 Å². The molecule has 4 rings (SSSR count). The van der Waals surface area contributed by atoms with Crippen LogP contribution in [0, 0.1) is 0 Å². The fourth-order valence-electron chi connectivity index (χ4n) is 3.41. The van der Waals surface area contributed by atoms with E-state index >= 15 is 0 Å². The van der Waals surface area contributed by atoms with Crippen molar-refractivity contribution in [3.63, 3.8) is 0 Å². The quantitative estimate of drug-likeness (QED) is 0.463. The van der Waals surface area contributed by atoms with Crippen LogP contribution in [-0.2, 0) is 17.8 Å². The van der Waals surface area contributed by atoms with Crippen LogP contribution in [0.4, 0.5) is 10.5 Å². The molecular weight excluding hydrogens is 392 g/mol. The van der Waals surface area contributed by atoms with E-state index in [4.69, 9.17) is 4.74 Å². The molecule has 0 radical (unpaired) electrons. The van der Waals surface area contributed by atoms with Crippen LogP contribution < -0.4 is 10.6 Å². The molecule has 0 saturated heterocycles. The standard InChI is InChI=1S/C24H22N4O3/c1-31-23(29)21-16-28(15-17-6-3-2-4-7-17)22-12-19(9-10-20(21)22)27-24(30)26-14-18-8-5-11-25-13-18/h2-13,16H,14-15H2,1H3,(H2,26,27,30). The van der Waals surface area contributed by atoms with E-state index < -0.39 is 5.97 Å². The zero-order valence-corrected chi connectivity index (χ0v) is 17.0. The minimum atomic E-state index is -0.397. The van der Waals surface area contributed by atoms with E-state index in [9.17, 15) is 9.59 Å². The number of nitrogens with one attached hydrogen (secondary N) is 2. The second kappa shape index (κ2) is 9.13. The van der Waals surface area contributed by atoms with Crippen molar-refractivity contribution in [2.75, 3.05) is 12.4 Å². The van der Waals surface area contributed by atoms with Crippen LogP contribution in [0.15, 0.2) is 79.3 Å². The molecule has 2 amide bonds. The van der Waals surface area contributed by atoms with Gasteiger partial charge in [0.1, 0.15) is 0 Å². The van der Waals surface area contributed by atoms with Gasteiger partial charge in [-0.2, -0.15) is 0 Å². The van der Waals surface area contributed by atoms with Crippen molar-refractivity contribution in [1.29, 1.82) is 0 Å². The Morgan fingerprint density at radius 3 is 2.58 bits per heavy atom. The number of fused-ring (bicyclic) bond motifs is 1. The smallest absolute Gasteiger partial charge is 0.340 e. The van der Waals surface area contributed by atoms with Gasteiger partial charge in [0.2, 0.25) is 0 Å². The SMILES string of the molecule is COC(=O)c1cn(Cc2ccccc2)c2cc(NC(=O)NCc3cccnc3)ccc12. The van der Waals surface area contributed by atoms with E-state index in [-0.39, 0.29) is 6.03 Å². The maximum absolute atomic E-state index is 12.3. The number of rotatable bonds is 6. The maximum Gasteiger partial charge on any atom is 0.340 e. The number of hydrogen-bond donors (Lipinski definition) is 2. The normalized spacial score (nSPS) is 10.6. The minimum absolute atomic E-state index is 0.322. The highest BCUT2D eigenvalue weighted by molar-refractivity contribution is 6.05. The summed E-state index contributed by atoms with van der Waals surface area (Å²) in [6.45, 7) is 0.962. The number of pyridine rings is 1. The Labute approximate surface area is 179 Å². The van der Waals surface area contributed by atoms with Gasteiger partial charge < -0.3 is 19.9 Å². The lowest BCUT2D eigenvalue weighted by molar-refractivity contribution is 0.0602. The average Bonchev–Trinajstić information content (AvgIpc) is 3.16. The lowest BCUT2D eigenvalue weighted by atomic mass is 10.1. The molecule has 2 aromatic carbocycles. The first-order valence-electron chi connectivity index (χ1n) is 9.83. The van der Waals surface area contributed by atoms with E-state index in [1.165, 1.54) is 7.11 Å². The number of methoxy groups -OCH3 is 1. The number of aromatic nitrogens is 2. The molecule has 0 saturated carbocycles. The number of ether oxygens (including phenoxy) is 1. The molecular formula is C24H22N4O3. The van der Waals surface area contributed by atoms with Crippen molar-refractivity contribution < 1.29 is 14.3 Å². The third kappa shape index (κ3) is 4.72. The highest BCUT2D eigenvalue weighted by Crippen LogP contribution is 2.26. The van der Waals surface area contributed by atoms with Crippen LogP contribution in [0.5, 0.6) is 0 Å². The molecule has 0 spiro atoms. The molecule has 0 aliphatic carbocycles. The number of carbonyl (C=O) groups is 2. The Bertz CT molecular complexity index is 1200. The molecule has 0 fully saturated rings. The molecule has 2 aromatic heterocycles. The van der Waals surface area contributed by atoms with Gasteiger partial charge >= 0.3 is 12.0 Å². The molecule has 0 unspecified atom stereocenters. The molecule has 156 valence electrons. The maximum atomic E-state index is 12.3. The molecule has 0 bridgehead atoms. The molecule has 4 aromatic rings. The molecule has 2 N–H and O–H groups in total. The summed E-state index contributed by atoms with van der Waals surface area (Å²) >= 11 is 0. The summed E-state index contributed by atoms with van der Waals surface area (Å²) in [6, 6.07) is 18.8. The lowest BCUT2D eigenvalue weighted by Gasteiger charge is -2.10. The number of anilines is 1. The molecule has 7 nitrogen and oxygen atoms in total. The van der Waals surface area contributed by atoms with E-state index in [2.05, 4.69) is 15.6 Å². The summed E-state index contributed by atoms with van der Waals surface area (Å²) in [6.07, 6.45) is 5.18. The van der Waals surface area contributed by atoms with Crippen LogP contribution in [0.1, 0.15) is 21.5 Å². The zero-order chi connectivity index (χ0) is 21.6. The Hall–Kier alpha value is -4.13. The Kier molecular flexibility index (Phi) is 5.93. The van der Waals surface area contributed by atoms with E-state index in [0.29, 0.717) is 24.3 Å². The number of hydrogen-bond acceptors (Lipinski definition) is 4. The first-order chi connectivity index (χ1) is 15.1.